The zero-order valence-electron chi connectivity index (χ0n) is 14.1. The molecule has 1 fully saturated rings. The minimum absolute atomic E-state index is 0.279. The summed E-state index contributed by atoms with van der Waals surface area (Å²) in [5.74, 6) is 0.800. The first-order valence-corrected chi connectivity index (χ1v) is 8.24. The fraction of sp³-hybridized carbons (Fsp3) is 0.667. The van der Waals surface area contributed by atoms with Gasteiger partial charge in [-0.3, -0.25) is 0 Å². The molecule has 1 aliphatic rings. The highest BCUT2D eigenvalue weighted by Crippen LogP contribution is 2.22. The van der Waals surface area contributed by atoms with Gasteiger partial charge in [-0.15, -0.1) is 0 Å². The van der Waals surface area contributed by atoms with Gasteiger partial charge in [-0.2, -0.15) is 0 Å². The Morgan fingerprint density at radius 3 is 2.76 bits per heavy atom. The van der Waals surface area contributed by atoms with Gasteiger partial charge >= 0.3 is 0 Å². The molecule has 118 valence electrons. The number of nitrogens with two attached hydrogens (primary N) is 1. The predicted octanol–water partition coefficient (Wildman–Crippen LogP) is 2.66. The van der Waals surface area contributed by atoms with Crippen LogP contribution in [0.5, 0.6) is 0 Å². The van der Waals surface area contributed by atoms with Crippen LogP contribution >= 0.6 is 0 Å². The summed E-state index contributed by atoms with van der Waals surface area (Å²) >= 11 is 0. The summed E-state index contributed by atoms with van der Waals surface area (Å²) < 4.78 is 0. The number of benzene rings is 1. The van der Waals surface area contributed by atoms with Crippen LogP contribution in [-0.2, 0) is 6.42 Å². The summed E-state index contributed by atoms with van der Waals surface area (Å²) in [7, 11) is 4.43. The van der Waals surface area contributed by atoms with Gasteiger partial charge in [-0.25, -0.2) is 0 Å². The smallest absolute Gasteiger partial charge is 0.0366 e. The molecule has 2 atom stereocenters. The van der Waals surface area contributed by atoms with Crippen LogP contribution in [0.3, 0.4) is 0 Å². The number of anilines is 1. The van der Waals surface area contributed by atoms with Crippen molar-refractivity contribution in [3.63, 3.8) is 0 Å². The molecule has 2 N–H and O–H groups in total. The van der Waals surface area contributed by atoms with Gasteiger partial charge in [0.1, 0.15) is 0 Å². The van der Waals surface area contributed by atoms with Gasteiger partial charge in [0.25, 0.3) is 0 Å². The van der Waals surface area contributed by atoms with Gasteiger partial charge in [-0.1, -0.05) is 13.0 Å². The summed E-state index contributed by atoms with van der Waals surface area (Å²) in [5, 5.41) is 0. The SMILES string of the molecule is CCC(N)Cc1ccc(N(C)CC2CCN(C)C2)cc1C. The van der Waals surface area contributed by atoms with Crippen LogP contribution in [0.25, 0.3) is 0 Å². The maximum absolute atomic E-state index is 6.08. The molecule has 3 heteroatoms. The van der Waals surface area contributed by atoms with E-state index < -0.39 is 0 Å². The summed E-state index contributed by atoms with van der Waals surface area (Å²) in [4.78, 5) is 4.83. The van der Waals surface area contributed by atoms with Crippen molar-refractivity contribution in [2.75, 3.05) is 38.6 Å². The lowest BCUT2D eigenvalue weighted by atomic mass is 9.99. The largest absolute Gasteiger partial charge is 0.374 e. The first kappa shape index (κ1) is 16.3. The van der Waals surface area contributed by atoms with E-state index >= 15 is 0 Å². The Morgan fingerprint density at radius 2 is 2.19 bits per heavy atom. The van der Waals surface area contributed by atoms with Crippen LogP contribution in [0.4, 0.5) is 5.69 Å². The number of hydrogen-bond acceptors (Lipinski definition) is 3. The summed E-state index contributed by atoms with van der Waals surface area (Å²) in [6.45, 7) is 7.98. The van der Waals surface area contributed by atoms with Gasteiger partial charge in [-0.05, 0) is 69.0 Å². The zero-order chi connectivity index (χ0) is 15.4. The Hall–Kier alpha value is -1.06. The van der Waals surface area contributed by atoms with E-state index in [0.717, 1.165) is 25.3 Å². The van der Waals surface area contributed by atoms with Crippen LogP contribution in [0.1, 0.15) is 30.9 Å². The third kappa shape index (κ3) is 4.45. The molecule has 2 rings (SSSR count). The number of hydrogen-bond donors (Lipinski definition) is 1. The van der Waals surface area contributed by atoms with E-state index in [9.17, 15) is 0 Å². The topological polar surface area (TPSA) is 32.5 Å². The van der Waals surface area contributed by atoms with Crippen molar-refractivity contribution in [1.29, 1.82) is 0 Å². The highest BCUT2D eigenvalue weighted by atomic mass is 15.1. The molecular weight excluding hydrogens is 258 g/mol. The Labute approximate surface area is 130 Å². The van der Waals surface area contributed by atoms with Crippen LogP contribution in [-0.4, -0.2) is 44.7 Å². The molecule has 3 nitrogen and oxygen atoms in total. The average Bonchev–Trinajstić information content (AvgIpc) is 2.86. The highest BCUT2D eigenvalue weighted by molar-refractivity contribution is 5.50. The lowest BCUT2D eigenvalue weighted by Gasteiger charge is -2.24. The summed E-state index contributed by atoms with van der Waals surface area (Å²) in [5.41, 5.74) is 10.2. The van der Waals surface area contributed by atoms with E-state index in [-0.39, 0.29) is 6.04 Å². The second kappa shape index (κ2) is 7.28. The molecule has 0 bridgehead atoms. The van der Waals surface area contributed by atoms with Gasteiger partial charge in [0.05, 0.1) is 0 Å². The van der Waals surface area contributed by atoms with E-state index in [1.807, 2.05) is 0 Å². The second-order valence-corrected chi connectivity index (χ2v) is 6.78. The van der Waals surface area contributed by atoms with E-state index in [2.05, 4.69) is 55.9 Å². The minimum Gasteiger partial charge on any atom is -0.374 e. The van der Waals surface area contributed by atoms with Gasteiger partial charge in [0.2, 0.25) is 0 Å². The van der Waals surface area contributed by atoms with Crippen molar-refractivity contribution in [3.05, 3.63) is 29.3 Å². The zero-order valence-corrected chi connectivity index (χ0v) is 14.1. The fourth-order valence-corrected chi connectivity index (χ4v) is 3.24. The molecule has 0 aromatic heterocycles. The van der Waals surface area contributed by atoms with Crippen molar-refractivity contribution in [2.45, 2.75) is 39.2 Å². The van der Waals surface area contributed by atoms with Crippen LogP contribution in [0.2, 0.25) is 0 Å². The van der Waals surface area contributed by atoms with E-state index in [0.29, 0.717) is 0 Å². The predicted molar refractivity (Wildman–Crippen MR) is 92.0 cm³/mol. The molecule has 1 aromatic rings. The van der Waals surface area contributed by atoms with Crippen LogP contribution in [0, 0.1) is 12.8 Å². The molecule has 1 aromatic carbocycles. The molecule has 2 unspecified atom stereocenters. The molecule has 1 heterocycles. The normalized spacial score (nSPS) is 20.7. The fourth-order valence-electron chi connectivity index (χ4n) is 3.24. The molecule has 0 amide bonds. The first-order chi connectivity index (χ1) is 9.99. The quantitative estimate of drug-likeness (QED) is 0.874. The lowest BCUT2D eigenvalue weighted by Crippen LogP contribution is -2.27. The number of nitrogens with zero attached hydrogens (tertiary/aromatic N) is 2. The van der Waals surface area contributed by atoms with Crippen molar-refractivity contribution in [2.24, 2.45) is 11.7 Å². The van der Waals surface area contributed by atoms with E-state index in [4.69, 9.17) is 5.73 Å². The molecule has 1 aliphatic heterocycles. The summed E-state index contributed by atoms with van der Waals surface area (Å²) in [6, 6.07) is 7.11. The van der Waals surface area contributed by atoms with E-state index in [1.54, 1.807) is 0 Å². The maximum Gasteiger partial charge on any atom is 0.0366 e. The second-order valence-electron chi connectivity index (χ2n) is 6.78. The van der Waals surface area contributed by atoms with Crippen LogP contribution < -0.4 is 10.6 Å². The maximum atomic E-state index is 6.08. The Balaban J connectivity index is 1.98. The van der Waals surface area contributed by atoms with Gasteiger partial charge in [0, 0.05) is 31.9 Å². The Bertz CT molecular complexity index is 458. The standard InChI is InChI=1S/C18H31N3/c1-5-17(19)11-16-6-7-18(10-14(16)2)21(4)13-15-8-9-20(3)12-15/h6-7,10,15,17H,5,8-9,11-13,19H2,1-4H3. The monoisotopic (exact) mass is 289 g/mol. The number of rotatable bonds is 6. The number of aryl methyl sites for hydroxylation is 1. The van der Waals surface area contributed by atoms with Crippen molar-refractivity contribution in [3.8, 4) is 0 Å². The third-order valence-electron chi connectivity index (χ3n) is 4.79. The van der Waals surface area contributed by atoms with Crippen LogP contribution in [0.15, 0.2) is 18.2 Å². The van der Waals surface area contributed by atoms with Gasteiger partial charge < -0.3 is 15.5 Å². The third-order valence-corrected chi connectivity index (χ3v) is 4.79. The molecule has 0 saturated carbocycles. The number of likely N-dealkylation sites (tertiary alicyclic amines) is 1. The minimum atomic E-state index is 0.279. The Morgan fingerprint density at radius 1 is 1.43 bits per heavy atom. The molecule has 0 spiro atoms. The summed E-state index contributed by atoms with van der Waals surface area (Å²) in [6.07, 6.45) is 3.35. The molecule has 0 aliphatic carbocycles. The van der Waals surface area contributed by atoms with Crippen molar-refractivity contribution >= 4 is 5.69 Å². The van der Waals surface area contributed by atoms with Gasteiger partial charge in [0.15, 0.2) is 0 Å². The Kier molecular flexibility index (Phi) is 5.65. The first-order valence-electron chi connectivity index (χ1n) is 8.24. The lowest BCUT2D eigenvalue weighted by molar-refractivity contribution is 0.396. The molecule has 21 heavy (non-hydrogen) atoms. The van der Waals surface area contributed by atoms with Crippen molar-refractivity contribution in [1.82, 2.24) is 4.90 Å². The molecular formula is C18H31N3. The van der Waals surface area contributed by atoms with E-state index in [1.165, 1.54) is 36.3 Å². The molecule has 0 radical (unpaired) electrons. The van der Waals surface area contributed by atoms with Crippen molar-refractivity contribution < 1.29 is 0 Å². The molecule has 1 saturated heterocycles. The highest BCUT2D eigenvalue weighted by Gasteiger charge is 2.21. The average molecular weight is 289 g/mol.